The van der Waals surface area contributed by atoms with Gasteiger partial charge in [0.25, 0.3) is 0 Å². The molecule has 4 heterocycles. The average Bonchev–Trinajstić information content (AvgIpc) is 1.87. The largest absolute Gasteiger partial charge is 0.481 e. The van der Waals surface area contributed by atoms with Crippen LogP contribution in [-0.4, -0.2) is 142 Å². The number of nitrogens with zero attached hydrogens (tertiary/aromatic N) is 2. The van der Waals surface area contributed by atoms with E-state index in [0.29, 0.717) is 83.5 Å². The van der Waals surface area contributed by atoms with Crippen LogP contribution in [0.4, 0.5) is 0 Å². The molecule has 446 valence electrons. The summed E-state index contributed by atoms with van der Waals surface area (Å²) < 4.78 is 13.1. The summed E-state index contributed by atoms with van der Waals surface area (Å²) in [5.41, 5.74) is 3.49. The molecule has 1 amide bonds. The lowest BCUT2D eigenvalue weighted by atomic mass is 9.26. The minimum atomic E-state index is -1.68. The number of fused-ring (bicyclic) bond motifs is 2. The normalized spacial score (nSPS) is 46.3. The van der Waals surface area contributed by atoms with Gasteiger partial charge in [0.15, 0.2) is 6.29 Å². The second-order valence-electron chi connectivity index (χ2n) is 28.6. The molecule has 12 rings (SSSR count). The fourth-order valence-electron chi connectivity index (χ4n) is 21.8. The maximum atomic E-state index is 15.5. The van der Waals surface area contributed by atoms with E-state index in [9.17, 15) is 45.6 Å². The minimum absolute atomic E-state index is 0.00974. The number of carbonyl (C=O) groups is 2. The van der Waals surface area contributed by atoms with Crippen LogP contribution in [0.2, 0.25) is 0 Å². The first-order chi connectivity index (χ1) is 38.8. The summed E-state index contributed by atoms with van der Waals surface area (Å²) in [6.07, 6.45) is 13.6. The molecule has 10 aliphatic rings. The van der Waals surface area contributed by atoms with Crippen molar-refractivity contribution < 1.29 is 59.9 Å². The van der Waals surface area contributed by atoms with Crippen molar-refractivity contribution in [3.8, 4) is 11.8 Å². The summed E-state index contributed by atoms with van der Waals surface area (Å²) in [6, 6.07) is -0.538. The predicted octanol–water partition coefficient (Wildman–Crippen LogP) is 5.22. The van der Waals surface area contributed by atoms with Gasteiger partial charge >= 0.3 is 5.97 Å². The van der Waals surface area contributed by atoms with Gasteiger partial charge in [-0.05, 0) is 142 Å². The van der Waals surface area contributed by atoms with Crippen LogP contribution in [0.5, 0.6) is 0 Å². The van der Waals surface area contributed by atoms with Crippen LogP contribution < -0.4 is 11.1 Å². The molecule has 0 aromatic carbocycles. The molecule has 8 fully saturated rings. The number of hydrogen-bond donors (Lipinski definition) is 12. The maximum absolute atomic E-state index is 15.5. The summed E-state index contributed by atoms with van der Waals surface area (Å²) in [6.45, 7) is 5.90. The smallest absolute Gasteiger partial charge is 0.310 e. The van der Waals surface area contributed by atoms with Crippen molar-refractivity contribution >= 4 is 11.9 Å². The van der Waals surface area contributed by atoms with Crippen LogP contribution in [0.1, 0.15) is 166 Å². The molecule has 2 aliphatic heterocycles. The van der Waals surface area contributed by atoms with E-state index < -0.39 is 111 Å². The molecule has 18 nitrogen and oxygen atoms in total. The molecule has 0 radical (unpaired) electrons. The summed E-state index contributed by atoms with van der Waals surface area (Å²) in [5, 5.41) is 98.0. The molecule has 18 heteroatoms. The summed E-state index contributed by atoms with van der Waals surface area (Å²) in [7, 11) is 0. The molecule has 22 atom stereocenters. The Morgan fingerprint density at radius 2 is 1.62 bits per heavy atom. The Kier molecular flexibility index (Phi) is 15.2. The molecule has 13 N–H and O–H groups in total. The lowest BCUT2D eigenvalue weighted by molar-refractivity contribution is -0.355. The Hall–Kier alpha value is -3.74. The Labute approximate surface area is 476 Å². The van der Waals surface area contributed by atoms with Crippen molar-refractivity contribution in [2.45, 2.75) is 211 Å². The molecular weight excluding hydrogens is 1030 g/mol. The van der Waals surface area contributed by atoms with Crippen LogP contribution in [0.3, 0.4) is 0 Å². The fraction of sp³-hybridized carbons (Fsp3) is 0.810. The first kappa shape index (κ1) is 57.7. The first-order valence-electron chi connectivity index (χ1n) is 31.1. The van der Waals surface area contributed by atoms with Crippen molar-refractivity contribution in [1.82, 2.24) is 25.3 Å². The van der Waals surface area contributed by atoms with Crippen molar-refractivity contribution in [2.75, 3.05) is 19.8 Å². The molecular formula is C63H92N6O12. The Morgan fingerprint density at radius 3 is 2.30 bits per heavy atom. The van der Waals surface area contributed by atoms with Crippen LogP contribution in [0, 0.1) is 97.1 Å². The van der Waals surface area contributed by atoms with Crippen LogP contribution in [-0.2, 0) is 25.5 Å². The predicted molar refractivity (Wildman–Crippen MR) is 296 cm³/mol. The van der Waals surface area contributed by atoms with Gasteiger partial charge in [0.2, 0.25) is 5.91 Å². The Bertz CT molecular complexity index is 2700. The number of hydrogen-bond acceptors (Lipinski definition) is 14. The van der Waals surface area contributed by atoms with Crippen LogP contribution in [0.15, 0.2) is 36.7 Å². The van der Waals surface area contributed by atoms with Crippen LogP contribution in [0.25, 0.3) is 0 Å². The van der Waals surface area contributed by atoms with Gasteiger partial charge in [-0.15, -0.1) is 5.92 Å². The number of carboxylic acids is 1. The van der Waals surface area contributed by atoms with E-state index in [1.807, 2.05) is 13.1 Å². The average molecular weight is 1130 g/mol. The van der Waals surface area contributed by atoms with Gasteiger partial charge in [-0.1, -0.05) is 70.4 Å². The highest BCUT2D eigenvalue weighted by Gasteiger charge is 2.79. The highest BCUT2D eigenvalue weighted by atomic mass is 16.7. The maximum Gasteiger partial charge on any atom is 0.310 e. The summed E-state index contributed by atoms with van der Waals surface area (Å²) in [4.78, 5) is 45.7. The van der Waals surface area contributed by atoms with Gasteiger partial charge in [0.05, 0.1) is 48.9 Å². The highest BCUT2D eigenvalue weighted by Crippen LogP contribution is 2.82. The number of carbonyl (C=O) groups excluding carboxylic acids is 1. The van der Waals surface area contributed by atoms with E-state index in [1.165, 1.54) is 5.57 Å². The van der Waals surface area contributed by atoms with Crippen molar-refractivity contribution in [2.24, 2.45) is 91.0 Å². The SMILES string of the molecule is CC1(CO)CCC2(C(=O)O)CC(Cc3cnc[nH]3)C34CCC#CC(C5C(C(CCC(N)O)c6cnc[nH]6)NC(=O)C56CCCC6)C5C(O)C(OC6OCC(O)C(O)C6O)C(C)(CO)C6CCC3(C)C(CC=C4C2C1)C56C1CCCCC1. The number of aliphatic hydroxyl groups is 7. The van der Waals surface area contributed by atoms with Crippen molar-refractivity contribution in [1.29, 1.82) is 0 Å². The van der Waals surface area contributed by atoms with E-state index in [1.54, 1.807) is 18.9 Å². The third kappa shape index (κ3) is 8.51. The molecule has 2 aromatic heterocycles. The molecule has 2 aromatic rings. The number of aromatic amines is 2. The van der Waals surface area contributed by atoms with Gasteiger partial charge in [0, 0.05) is 77.4 Å². The molecule has 2 saturated heterocycles. The zero-order chi connectivity index (χ0) is 57.1. The number of aliphatic carboxylic acids is 1. The second-order valence-corrected chi connectivity index (χ2v) is 28.6. The number of H-pyrrole nitrogens is 2. The number of allylic oxidation sites excluding steroid dienone is 2. The lowest BCUT2D eigenvalue weighted by Crippen LogP contribution is -2.77. The van der Waals surface area contributed by atoms with E-state index in [2.05, 4.69) is 57.0 Å². The number of imidazole rings is 2. The molecule has 81 heavy (non-hydrogen) atoms. The molecule has 2 spiro atoms. The molecule has 6 saturated carbocycles. The van der Waals surface area contributed by atoms with Crippen molar-refractivity contribution in [3.63, 3.8) is 0 Å². The Balaban J connectivity index is 1.14. The van der Waals surface area contributed by atoms with E-state index in [-0.39, 0.29) is 67.7 Å². The molecule has 4 bridgehead atoms. The number of aliphatic hydroxyl groups excluding tert-OH is 7. The monoisotopic (exact) mass is 1120 g/mol. The number of aromatic nitrogens is 4. The minimum Gasteiger partial charge on any atom is -0.481 e. The second kappa shape index (κ2) is 21.3. The van der Waals surface area contributed by atoms with E-state index >= 15 is 4.79 Å². The van der Waals surface area contributed by atoms with Crippen LogP contribution >= 0.6 is 0 Å². The van der Waals surface area contributed by atoms with E-state index in [0.717, 1.165) is 56.3 Å². The standard InChI is InChI=1S/C63H92N6O12/c1-57(31-70)23-24-61(56(78)79)26-36(25-37-28-65-33-67-37)62-21-8-7-13-39(47-49(69-55(77)60(47)19-9-10-20-60)38(14-17-46(64)73)42-29-66-34-68-42)48-51(75)53(81-54-52(76)50(74)43(72)30-80-54)58(2,32-71)44-18-22-59(62,3)45(16-15-40(62)41(61)27-57)63(44,48)35-11-5-4-6-12-35/h15,28-29,33-36,38-39,41,43-54,70-76H,4-6,8-12,14,16-27,30-32,64H2,1-3H3,(H,65,67)(H,66,68)(H,69,77)(H,78,79). The number of nitrogens with one attached hydrogen (secondary N) is 3. The van der Waals surface area contributed by atoms with Gasteiger partial charge in [-0.25, -0.2) is 9.97 Å². The summed E-state index contributed by atoms with van der Waals surface area (Å²) >= 11 is 0. The topological polar surface area (TPSA) is 310 Å². The van der Waals surface area contributed by atoms with Gasteiger partial charge < -0.3 is 71.3 Å². The van der Waals surface area contributed by atoms with E-state index in [4.69, 9.17) is 15.2 Å². The number of rotatable bonds is 14. The third-order valence-corrected chi connectivity index (χ3v) is 25.3. The quantitative estimate of drug-likeness (QED) is 0.0499. The van der Waals surface area contributed by atoms with Gasteiger partial charge in [0.1, 0.15) is 24.5 Å². The van der Waals surface area contributed by atoms with Gasteiger partial charge in [-0.3, -0.25) is 9.59 Å². The third-order valence-electron chi connectivity index (χ3n) is 25.3. The molecule has 22 unspecified atom stereocenters. The van der Waals surface area contributed by atoms with Gasteiger partial charge in [-0.2, -0.15) is 0 Å². The molecule has 8 aliphatic carbocycles. The highest BCUT2D eigenvalue weighted by molar-refractivity contribution is 5.86. The Morgan fingerprint density at radius 1 is 0.864 bits per heavy atom. The summed E-state index contributed by atoms with van der Waals surface area (Å²) in [5.74, 6) is 3.89. The zero-order valence-electron chi connectivity index (χ0n) is 47.9. The number of nitrogens with two attached hydrogens (primary N) is 1. The fourth-order valence-corrected chi connectivity index (χ4v) is 21.8. The number of amides is 1. The first-order valence-corrected chi connectivity index (χ1v) is 31.1. The lowest BCUT2D eigenvalue weighted by Gasteiger charge is -2.78. The van der Waals surface area contributed by atoms with Crippen molar-refractivity contribution in [3.05, 3.63) is 48.1 Å². The zero-order valence-corrected chi connectivity index (χ0v) is 47.9. The number of ether oxygens (including phenoxy) is 2. The number of carboxylic acid groups (broad SMARTS) is 1.